The van der Waals surface area contributed by atoms with Crippen LogP contribution < -0.4 is 0 Å². The van der Waals surface area contributed by atoms with Gasteiger partial charge in [-0.2, -0.15) is 0 Å². The van der Waals surface area contributed by atoms with Gasteiger partial charge in [0.2, 0.25) is 0 Å². The molecule has 0 aromatic heterocycles. The normalized spacial score (nSPS) is 48.8. The van der Waals surface area contributed by atoms with Gasteiger partial charge in [0.25, 0.3) is 0 Å². The van der Waals surface area contributed by atoms with Gasteiger partial charge >= 0.3 is 0 Å². The first-order valence-electron chi connectivity index (χ1n) is 8.80. The molecule has 5 atom stereocenters. The molecular formula is C19H32O. The predicted molar refractivity (Wildman–Crippen MR) is 84.5 cm³/mol. The summed E-state index contributed by atoms with van der Waals surface area (Å²) >= 11 is 0. The summed E-state index contributed by atoms with van der Waals surface area (Å²) in [6.07, 6.45) is 9.95. The Balaban J connectivity index is 2.00. The average Bonchev–Trinajstić information content (AvgIpc) is 2.42. The van der Waals surface area contributed by atoms with Crippen LogP contribution in [0.5, 0.6) is 0 Å². The van der Waals surface area contributed by atoms with E-state index in [4.69, 9.17) is 0 Å². The van der Waals surface area contributed by atoms with E-state index in [2.05, 4.69) is 27.7 Å². The molecule has 0 aromatic carbocycles. The molecule has 0 radical (unpaired) electrons. The molecule has 0 bridgehead atoms. The maximum Gasteiger partial charge on any atom is 0.0756 e. The molecule has 1 nitrogen and oxygen atoms in total. The summed E-state index contributed by atoms with van der Waals surface area (Å²) in [6, 6.07) is 0. The Morgan fingerprint density at radius 2 is 2.00 bits per heavy atom. The molecule has 3 aliphatic rings. The van der Waals surface area contributed by atoms with Gasteiger partial charge < -0.3 is 5.11 Å². The Hall–Kier alpha value is -0.300. The van der Waals surface area contributed by atoms with Gasteiger partial charge in [0.15, 0.2) is 0 Å². The molecule has 1 N–H and O–H groups in total. The number of hydrogen-bond donors (Lipinski definition) is 1. The fourth-order valence-electron chi connectivity index (χ4n) is 5.57. The molecule has 0 spiro atoms. The molecule has 20 heavy (non-hydrogen) atoms. The van der Waals surface area contributed by atoms with Crippen LogP contribution in [0.4, 0.5) is 0 Å². The average molecular weight is 276 g/mol. The van der Waals surface area contributed by atoms with Crippen LogP contribution in [0.1, 0.15) is 79.1 Å². The zero-order valence-corrected chi connectivity index (χ0v) is 13.8. The van der Waals surface area contributed by atoms with Crippen LogP contribution in [0.15, 0.2) is 11.1 Å². The van der Waals surface area contributed by atoms with Gasteiger partial charge in [-0.25, -0.2) is 0 Å². The van der Waals surface area contributed by atoms with Crippen LogP contribution in [-0.2, 0) is 0 Å². The smallest absolute Gasteiger partial charge is 0.0756 e. The summed E-state index contributed by atoms with van der Waals surface area (Å²) in [5, 5.41) is 10.7. The van der Waals surface area contributed by atoms with Crippen molar-refractivity contribution in [3.8, 4) is 0 Å². The summed E-state index contributed by atoms with van der Waals surface area (Å²) < 4.78 is 0. The van der Waals surface area contributed by atoms with Gasteiger partial charge in [0, 0.05) is 0 Å². The fraction of sp³-hybridized carbons (Fsp3) is 0.895. The predicted octanol–water partition coefficient (Wildman–Crippen LogP) is 5.09. The highest BCUT2D eigenvalue weighted by molar-refractivity contribution is 5.33. The van der Waals surface area contributed by atoms with Crippen LogP contribution >= 0.6 is 0 Å². The molecule has 0 aromatic rings. The molecule has 1 heteroatoms. The van der Waals surface area contributed by atoms with Gasteiger partial charge in [-0.05, 0) is 60.3 Å². The summed E-state index contributed by atoms with van der Waals surface area (Å²) in [5.41, 5.74) is 3.97. The Morgan fingerprint density at radius 1 is 1.25 bits per heavy atom. The van der Waals surface area contributed by atoms with Crippen molar-refractivity contribution in [1.29, 1.82) is 0 Å². The van der Waals surface area contributed by atoms with E-state index >= 15 is 0 Å². The molecule has 1 saturated carbocycles. The van der Waals surface area contributed by atoms with Crippen molar-refractivity contribution in [3.05, 3.63) is 11.1 Å². The zero-order valence-electron chi connectivity index (χ0n) is 13.8. The minimum Gasteiger partial charge on any atom is -0.389 e. The Kier molecular flexibility index (Phi) is 3.56. The Morgan fingerprint density at radius 3 is 2.70 bits per heavy atom. The first kappa shape index (κ1) is 14.6. The van der Waals surface area contributed by atoms with Crippen LogP contribution in [0.25, 0.3) is 0 Å². The third-order valence-corrected chi connectivity index (χ3v) is 7.27. The molecule has 3 aliphatic carbocycles. The molecular weight excluding hydrogens is 244 g/mol. The molecule has 0 heterocycles. The highest BCUT2D eigenvalue weighted by atomic mass is 16.3. The molecule has 114 valence electrons. The van der Waals surface area contributed by atoms with E-state index in [9.17, 15) is 5.11 Å². The lowest BCUT2D eigenvalue weighted by Gasteiger charge is -2.55. The monoisotopic (exact) mass is 276 g/mol. The Labute approximate surface area is 124 Å². The van der Waals surface area contributed by atoms with Crippen LogP contribution in [-0.4, -0.2) is 11.2 Å². The lowest BCUT2D eigenvalue weighted by Crippen LogP contribution is -2.46. The van der Waals surface area contributed by atoms with Crippen molar-refractivity contribution >= 4 is 0 Å². The minimum absolute atomic E-state index is 0.144. The summed E-state index contributed by atoms with van der Waals surface area (Å²) in [7, 11) is 0. The first-order chi connectivity index (χ1) is 9.39. The van der Waals surface area contributed by atoms with Crippen LogP contribution in [0, 0.1) is 22.7 Å². The zero-order chi connectivity index (χ0) is 14.5. The van der Waals surface area contributed by atoms with Crippen LogP contribution in [0.3, 0.4) is 0 Å². The molecule has 5 unspecified atom stereocenters. The van der Waals surface area contributed by atoms with E-state index in [0.29, 0.717) is 10.8 Å². The Bertz CT molecular complexity index is 423. The van der Waals surface area contributed by atoms with E-state index in [0.717, 1.165) is 24.7 Å². The van der Waals surface area contributed by atoms with E-state index in [-0.39, 0.29) is 6.10 Å². The van der Waals surface area contributed by atoms with E-state index in [1.807, 2.05) is 0 Å². The fourth-order valence-corrected chi connectivity index (χ4v) is 5.57. The van der Waals surface area contributed by atoms with Gasteiger partial charge in [0.05, 0.1) is 6.10 Å². The number of rotatable bonds is 1. The van der Waals surface area contributed by atoms with Gasteiger partial charge in [0.1, 0.15) is 0 Å². The molecule has 1 fully saturated rings. The molecule has 0 saturated heterocycles. The molecule has 0 aliphatic heterocycles. The van der Waals surface area contributed by atoms with Crippen molar-refractivity contribution in [3.63, 3.8) is 0 Å². The quantitative estimate of drug-likeness (QED) is 0.661. The third kappa shape index (κ3) is 2.08. The van der Waals surface area contributed by atoms with Crippen molar-refractivity contribution < 1.29 is 5.11 Å². The highest BCUT2D eigenvalue weighted by Gasteiger charge is 2.50. The second kappa shape index (κ2) is 4.87. The van der Waals surface area contributed by atoms with E-state index < -0.39 is 0 Å². The maximum atomic E-state index is 10.7. The molecule has 0 amide bonds. The van der Waals surface area contributed by atoms with Gasteiger partial charge in [-0.15, -0.1) is 0 Å². The minimum atomic E-state index is -0.144. The topological polar surface area (TPSA) is 20.2 Å². The number of fused-ring (bicyclic) bond motifs is 2. The lowest BCUT2D eigenvalue weighted by molar-refractivity contribution is 0.0171. The van der Waals surface area contributed by atoms with Crippen molar-refractivity contribution in [2.75, 3.05) is 0 Å². The third-order valence-electron chi connectivity index (χ3n) is 7.27. The summed E-state index contributed by atoms with van der Waals surface area (Å²) in [5.74, 6) is 1.51. The van der Waals surface area contributed by atoms with Crippen molar-refractivity contribution in [2.45, 2.75) is 85.2 Å². The number of hydrogen-bond acceptors (Lipinski definition) is 1. The largest absolute Gasteiger partial charge is 0.389 e. The maximum absolute atomic E-state index is 10.7. The molecule has 3 rings (SSSR count). The van der Waals surface area contributed by atoms with Crippen molar-refractivity contribution in [2.24, 2.45) is 22.7 Å². The van der Waals surface area contributed by atoms with Crippen molar-refractivity contribution in [1.82, 2.24) is 0 Å². The second-order valence-corrected chi connectivity index (χ2v) is 8.49. The first-order valence-corrected chi connectivity index (χ1v) is 8.80. The lowest BCUT2D eigenvalue weighted by atomic mass is 9.51. The number of aliphatic hydroxyl groups is 1. The van der Waals surface area contributed by atoms with Gasteiger partial charge in [-0.3, -0.25) is 0 Å². The van der Waals surface area contributed by atoms with Crippen LogP contribution in [0.2, 0.25) is 0 Å². The SMILES string of the molecule is CCC1(C)CCC2=C(C1)C(O)CC1C(C)CCCC21C. The van der Waals surface area contributed by atoms with E-state index in [1.54, 1.807) is 5.57 Å². The van der Waals surface area contributed by atoms with Gasteiger partial charge in [-0.1, -0.05) is 52.5 Å². The number of aliphatic hydroxyl groups excluding tert-OH is 1. The highest BCUT2D eigenvalue weighted by Crippen LogP contribution is 2.60. The second-order valence-electron chi connectivity index (χ2n) is 8.49. The standard InChI is InChI=1S/C19H32O/c1-5-18(3)10-8-15-14(12-18)17(20)11-16-13(2)7-6-9-19(15,16)4/h13,16-17,20H,5-12H2,1-4H3. The number of allylic oxidation sites excluding steroid dienone is 1. The van der Waals surface area contributed by atoms with E-state index in [1.165, 1.54) is 44.1 Å². The summed E-state index contributed by atoms with van der Waals surface area (Å²) in [6.45, 7) is 9.66. The summed E-state index contributed by atoms with van der Waals surface area (Å²) in [4.78, 5) is 0.